The maximum atomic E-state index is 2.44. The van der Waals surface area contributed by atoms with Crippen molar-refractivity contribution in [2.24, 2.45) is 0 Å². The molecule has 0 fully saturated rings. The number of nitrogens with zero attached hydrogens (tertiary/aromatic N) is 1. The highest BCUT2D eigenvalue weighted by Gasteiger charge is 2.16. The van der Waals surface area contributed by atoms with Crippen molar-refractivity contribution in [1.82, 2.24) is 4.57 Å². The van der Waals surface area contributed by atoms with E-state index in [1.807, 2.05) is 11.3 Å². The maximum Gasteiger partial charge on any atom is 0.0547 e. The van der Waals surface area contributed by atoms with E-state index in [4.69, 9.17) is 0 Å². The van der Waals surface area contributed by atoms with E-state index in [2.05, 4.69) is 156 Å². The predicted molar refractivity (Wildman–Crippen MR) is 182 cm³/mol. The summed E-state index contributed by atoms with van der Waals surface area (Å²) in [6.45, 7) is 0. The van der Waals surface area contributed by atoms with Crippen molar-refractivity contribution in [3.8, 4) is 27.9 Å². The highest BCUT2D eigenvalue weighted by Crippen LogP contribution is 2.42. The van der Waals surface area contributed by atoms with Gasteiger partial charge in [-0.25, -0.2) is 0 Å². The van der Waals surface area contributed by atoms with Gasteiger partial charge in [0.1, 0.15) is 0 Å². The molecule has 1 nitrogen and oxygen atoms in total. The molecule has 0 N–H and O–H groups in total. The van der Waals surface area contributed by atoms with Crippen LogP contribution >= 0.6 is 11.3 Å². The smallest absolute Gasteiger partial charge is 0.0547 e. The van der Waals surface area contributed by atoms with Gasteiger partial charge in [0, 0.05) is 36.6 Å². The molecular formula is C40H25NS. The molecule has 0 atom stereocenters. The van der Waals surface area contributed by atoms with Gasteiger partial charge >= 0.3 is 0 Å². The molecule has 42 heavy (non-hydrogen) atoms. The lowest BCUT2D eigenvalue weighted by atomic mass is 10.00. The van der Waals surface area contributed by atoms with Gasteiger partial charge in [-0.3, -0.25) is 0 Å². The van der Waals surface area contributed by atoms with Crippen LogP contribution in [0.1, 0.15) is 0 Å². The van der Waals surface area contributed by atoms with Gasteiger partial charge < -0.3 is 4.57 Å². The molecule has 0 aliphatic rings. The largest absolute Gasteiger partial charge is 0.309 e. The molecule has 9 rings (SSSR count). The van der Waals surface area contributed by atoms with E-state index in [9.17, 15) is 0 Å². The van der Waals surface area contributed by atoms with Gasteiger partial charge in [-0.1, -0.05) is 115 Å². The van der Waals surface area contributed by atoms with Gasteiger partial charge in [0.05, 0.1) is 11.0 Å². The summed E-state index contributed by atoms with van der Waals surface area (Å²) in [5.74, 6) is 0. The zero-order valence-electron chi connectivity index (χ0n) is 22.8. The van der Waals surface area contributed by atoms with E-state index in [-0.39, 0.29) is 0 Å². The average molecular weight is 552 g/mol. The summed E-state index contributed by atoms with van der Waals surface area (Å²) in [5.41, 5.74) is 8.62. The Morgan fingerprint density at radius 2 is 1.19 bits per heavy atom. The van der Waals surface area contributed by atoms with Crippen LogP contribution in [0.2, 0.25) is 0 Å². The Bertz CT molecular complexity index is 2460. The Hall–Kier alpha value is -5.18. The van der Waals surface area contributed by atoms with Crippen molar-refractivity contribution in [3.05, 3.63) is 152 Å². The molecule has 0 spiro atoms. The lowest BCUT2D eigenvalue weighted by Gasteiger charge is -2.11. The summed E-state index contributed by atoms with van der Waals surface area (Å²) in [5, 5.41) is 7.70. The zero-order valence-corrected chi connectivity index (χ0v) is 23.6. The van der Waals surface area contributed by atoms with Crippen molar-refractivity contribution < 1.29 is 0 Å². The summed E-state index contributed by atoms with van der Waals surface area (Å²) in [7, 11) is 0. The third-order valence-electron chi connectivity index (χ3n) is 8.58. The summed E-state index contributed by atoms with van der Waals surface area (Å²) in [6.07, 6.45) is 0. The molecule has 0 aliphatic carbocycles. The van der Waals surface area contributed by atoms with Gasteiger partial charge in [-0.05, 0) is 69.4 Å². The Morgan fingerprint density at radius 1 is 0.405 bits per heavy atom. The normalized spacial score (nSPS) is 11.8. The number of thiophene rings is 1. The first-order chi connectivity index (χ1) is 20.8. The van der Waals surface area contributed by atoms with Gasteiger partial charge in [-0.2, -0.15) is 0 Å². The van der Waals surface area contributed by atoms with Crippen molar-refractivity contribution in [2.45, 2.75) is 0 Å². The second-order valence-corrected chi connectivity index (χ2v) is 12.0. The first kappa shape index (κ1) is 23.5. The molecule has 0 radical (unpaired) electrons. The van der Waals surface area contributed by atoms with E-state index in [0.29, 0.717) is 0 Å². The molecular weight excluding hydrogens is 527 g/mol. The summed E-state index contributed by atoms with van der Waals surface area (Å²) in [6, 6.07) is 55.5. The average Bonchev–Trinajstić information content (AvgIpc) is 3.60. The molecule has 0 amide bonds. The number of benzene rings is 7. The van der Waals surface area contributed by atoms with Crippen LogP contribution in [0.15, 0.2) is 152 Å². The molecule has 9 aromatic rings. The number of hydrogen-bond donors (Lipinski definition) is 0. The molecule has 7 aromatic carbocycles. The van der Waals surface area contributed by atoms with Crippen LogP contribution in [0.5, 0.6) is 0 Å². The fraction of sp³-hybridized carbons (Fsp3) is 0. The monoisotopic (exact) mass is 551 g/mol. The third kappa shape index (κ3) is 3.56. The molecule has 2 aromatic heterocycles. The van der Waals surface area contributed by atoms with Crippen LogP contribution in [0, 0.1) is 0 Å². The molecule has 0 aliphatic heterocycles. The Morgan fingerprint density at radius 3 is 2.12 bits per heavy atom. The van der Waals surface area contributed by atoms with Crippen LogP contribution < -0.4 is 0 Å². The van der Waals surface area contributed by atoms with Gasteiger partial charge in [-0.15, -0.1) is 11.3 Å². The van der Waals surface area contributed by atoms with E-state index >= 15 is 0 Å². The first-order valence-electron chi connectivity index (χ1n) is 14.4. The van der Waals surface area contributed by atoms with Crippen LogP contribution in [-0.2, 0) is 0 Å². The highest BCUT2D eigenvalue weighted by atomic mass is 32.1. The Labute approximate surface area is 247 Å². The van der Waals surface area contributed by atoms with E-state index in [0.717, 1.165) is 0 Å². The summed E-state index contributed by atoms with van der Waals surface area (Å²) in [4.78, 5) is 0. The quantitative estimate of drug-likeness (QED) is 0.206. The van der Waals surface area contributed by atoms with Crippen molar-refractivity contribution >= 4 is 64.1 Å². The molecule has 0 bridgehead atoms. The summed E-state index contributed by atoms with van der Waals surface area (Å²) >= 11 is 1.89. The number of rotatable bonds is 3. The highest BCUT2D eigenvalue weighted by molar-refractivity contribution is 7.26. The fourth-order valence-corrected chi connectivity index (χ4v) is 7.81. The predicted octanol–water partition coefficient (Wildman–Crippen LogP) is 11.6. The standard InChI is InChI=1S/C40H25NS/c1-2-9-26(10-3-1)29-19-22-37-36(24-29)33-21-18-30(32-14-8-15-35-34-13-6-7-16-39(34)42-40(32)35)25-38(33)41(37)31-20-17-27-11-4-5-12-28(27)23-31/h1-25H. The van der Waals surface area contributed by atoms with Crippen LogP contribution in [0.4, 0.5) is 0 Å². The van der Waals surface area contributed by atoms with Crippen molar-refractivity contribution in [3.63, 3.8) is 0 Å². The molecule has 0 unspecified atom stereocenters. The molecule has 2 heterocycles. The van der Waals surface area contributed by atoms with Gasteiger partial charge in [0.15, 0.2) is 0 Å². The second kappa shape index (κ2) is 9.17. The van der Waals surface area contributed by atoms with Crippen LogP contribution in [0.3, 0.4) is 0 Å². The Kier molecular flexibility index (Phi) is 5.13. The topological polar surface area (TPSA) is 4.93 Å². The number of hydrogen-bond acceptors (Lipinski definition) is 1. The lowest BCUT2D eigenvalue weighted by molar-refractivity contribution is 1.19. The van der Waals surface area contributed by atoms with E-state index in [1.165, 1.54) is 80.7 Å². The van der Waals surface area contributed by atoms with Crippen molar-refractivity contribution in [2.75, 3.05) is 0 Å². The van der Waals surface area contributed by atoms with E-state index in [1.54, 1.807) is 0 Å². The zero-order chi connectivity index (χ0) is 27.6. The number of aromatic nitrogens is 1. The second-order valence-electron chi connectivity index (χ2n) is 11.0. The SMILES string of the molecule is c1ccc(-c2ccc3c(c2)c2ccc(-c4cccc5c4sc4ccccc45)cc2n3-c2ccc3ccccc3c2)cc1. The lowest BCUT2D eigenvalue weighted by Crippen LogP contribution is -1.94. The Balaban J connectivity index is 1.34. The minimum atomic E-state index is 1.18. The number of fused-ring (bicyclic) bond motifs is 7. The van der Waals surface area contributed by atoms with E-state index < -0.39 is 0 Å². The minimum absolute atomic E-state index is 1.18. The van der Waals surface area contributed by atoms with Crippen molar-refractivity contribution in [1.29, 1.82) is 0 Å². The molecule has 0 saturated heterocycles. The van der Waals surface area contributed by atoms with Crippen LogP contribution in [-0.4, -0.2) is 4.57 Å². The third-order valence-corrected chi connectivity index (χ3v) is 9.80. The van der Waals surface area contributed by atoms with Crippen LogP contribution in [0.25, 0.3) is 80.7 Å². The summed E-state index contributed by atoms with van der Waals surface area (Å²) < 4.78 is 5.12. The van der Waals surface area contributed by atoms with Gasteiger partial charge in [0.25, 0.3) is 0 Å². The van der Waals surface area contributed by atoms with Gasteiger partial charge in [0.2, 0.25) is 0 Å². The molecule has 196 valence electrons. The maximum absolute atomic E-state index is 2.44. The minimum Gasteiger partial charge on any atom is -0.309 e. The molecule has 2 heteroatoms. The first-order valence-corrected chi connectivity index (χ1v) is 15.2. The fourth-order valence-electron chi connectivity index (χ4n) is 6.57. The molecule has 0 saturated carbocycles.